The molecule has 0 saturated heterocycles. The van der Waals surface area contributed by atoms with Crippen LogP contribution in [0, 0.1) is 13.8 Å². The smallest absolute Gasteiger partial charge is 0.356 e. The van der Waals surface area contributed by atoms with E-state index >= 15 is 0 Å². The number of carbonyl (C=O) groups excluding carboxylic acids is 2. The number of benzene rings is 2. The van der Waals surface area contributed by atoms with Gasteiger partial charge >= 0.3 is 11.9 Å². The molecule has 0 bridgehead atoms. The van der Waals surface area contributed by atoms with E-state index in [1.54, 1.807) is 0 Å². The number of hydrogen-bond acceptors (Lipinski definition) is 5. The maximum absolute atomic E-state index is 12.3. The Morgan fingerprint density at radius 3 is 2.19 bits per heavy atom. The monoisotopic (exact) mass is 349 g/mol. The standard InChI is InChI=1S/C21H19NO4/c1-12-10-15-16(20(23)25-3)11-17(21(24)26-4)22-19(15)13(2)18(12)14-8-6-5-7-9-14/h5-11H,1-4H3. The molecule has 2 aromatic carbocycles. The summed E-state index contributed by atoms with van der Waals surface area (Å²) >= 11 is 0. The summed E-state index contributed by atoms with van der Waals surface area (Å²) in [5.41, 5.74) is 4.94. The molecule has 26 heavy (non-hydrogen) atoms. The van der Waals surface area contributed by atoms with Crippen LogP contribution in [0.2, 0.25) is 0 Å². The van der Waals surface area contributed by atoms with E-state index in [0.29, 0.717) is 16.5 Å². The van der Waals surface area contributed by atoms with Gasteiger partial charge in [-0.05, 0) is 48.2 Å². The molecule has 3 aromatic rings. The number of fused-ring (bicyclic) bond motifs is 1. The lowest BCUT2D eigenvalue weighted by Crippen LogP contribution is -2.10. The van der Waals surface area contributed by atoms with Crippen LogP contribution in [0.25, 0.3) is 22.0 Å². The van der Waals surface area contributed by atoms with Crippen molar-refractivity contribution in [2.75, 3.05) is 14.2 Å². The van der Waals surface area contributed by atoms with Gasteiger partial charge in [0.15, 0.2) is 0 Å². The molecule has 0 atom stereocenters. The minimum Gasteiger partial charge on any atom is -0.465 e. The molecule has 0 amide bonds. The highest BCUT2D eigenvalue weighted by Crippen LogP contribution is 2.34. The zero-order valence-electron chi connectivity index (χ0n) is 15.1. The van der Waals surface area contributed by atoms with Crippen molar-refractivity contribution < 1.29 is 19.1 Å². The Labute approximate surface area is 151 Å². The third kappa shape index (κ3) is 2.92. The van der Waals surface area contributed by atoms with Crippen LogP contribution in [0.4, 0.5) is 0 Å². The van der Waals surface area contributed by atoms with Gasteiger partial charge in [0.2, 0.25) is 0 Å². The number of esters is 2. The molecule has 0 spiro atoms. The maximum Gasteiger partial charge on any atom is 0.356 e. The van der Waals surface area contributed by atoms with Crippen molar-refractivity contribution in [1.82, 2.24) is 4.98 Å². The highest BCUT2D eigenvalue weighted by molar-refractivity contribution is 6.08. The van der Waals surface area contributed by atoms with E-state index in [2.05, 4.69) is 4.98 Å². The molecule has 132 valence electrons. The van der Waals surface area contributed by atoms with Gasteiger partial charge in [0.05, 0.1) is 25.3 Å². The number of hydrogen-bond donors (Lipinski definition) is 0. The van der Waals surface area contributed by atoms with Crippen LogP contribution in [-0.4, -0.2) is 31.1 Å². The number of methoxy groups -OCH3 is 2. The quantitative estimate of drug-likeness (QED) is 0.666. The molecule has 5 nitrogen and oxygen atoms in total. The molecule has 5 heteroatoms. The highest BCUT2D eigenvalue weighted by atomic mass is 16.5. The molecule has 0 radical (unpaired) electrons. The number of ether oxygens (including phenoxy) is 2. The Morgan fingerprint density at radius 2 is 1.58 bits per heavy atom. The van der Waals surface area contributed by atoms with E-state index in [0.717, 1.165) is 22.3 Å². The van der Waals surface area contributed by atoms with Crippen molar-refractivity contribution in [3.05, 3.63) is 64.8 Å². The van der Waals surface area contributed by atoms with E-state index in [4.69, 9.17) is 9.47 Å². The fourth-order valence-electron chi connectivity index (χ4n) is 3.23. The molecule has 0 fully saturated rings. The molecular weight excluding hydrogens is 330 g/mol. The van der Waals surface area contributed by atoms with E-state index in [1.165, 1.54) is 20.3 Å². The maximum atomic E-state index is 12.3. The third-order valence-corrected chi connectivity index (χ3v) is 4.41. The van der Waals surface area contributed by atoms with Gasteiger partial charge in [0, 0.05) is 5.39 Å². The summed E-state index contributed by atoms with van der Waals surface area (Å²) in [6.45, 7) is 3.93. The summed E-state index contributed by atoms with van der Waals surface area (Å²) < 4.78 is 9.67. The second-order valence-corrected chi connectivity index (χ2v) is 5.99. The van der Waals surface area contributed by atoms with Gasteiger partial charge < -0.3 is 9.47 Å². The van der Waals surface area contributed by atoms with Crippen LogP contribution in [0.1, 0.15) is 32.0 Å². The van der Waals surface area contributed by atoms with Crippen LogP contribution in [0.5, 0.6) is 0 Å². The second kappa shape index (κ2) is 6.96. The van der Waals surface area contributed by atoms with Gasteiger partial charge in [-0.2, -0.15) is 0 Å². The lowest BCUT2D eigenvalue weighted by Gasteiger charge is -2.15. The number of carbonyl (C=O) groups is 2. The minimum atomic E-state index is -0.599. The zero-order valence-corrected chi connectivity index (χ0v) is 15.1. The summed E-state index contributed by atoms with van der Waals surface area (Å²) in [6, 6.07) is 13.3. The van der Waals surface area contributed by atoms with Crippen molar-refractivity contribution in [2.45, 2.75) is 13.8 Å². The van der Waals surface area contributed by atoms with Crippen molar-refractivity contribution >= 4 is 22.8 Å². The van der Waals surface area contributed by atoms with E-state index < -0.39 is 11.9 Å². The third-order valence-electron chi connectivity index (χ3n) is 4.41. The van der Waals surface area contributed by atoms with Gasteiger partial charge in [0.25, 0.3) is 0 Å². The van der Waals surface area contributed by atoms with Crippen LogP contribution in [-0.2, 0) is 9.47 Å². The highest BCUT2D eigenvalue weighted by Gasteiger charge is 2.21. The summed E-state index contributed by atoms with van der Waals surface area (Å²) in [4.78, 5) is 28.8. The largest absolute Gasteiger partial charge is 0.465 e. The average Bonchev–Trinajstić information content (AvgIpc) is 2.67. The van der Waals surface area contributed by atoms with Crippen molar-refractivity contribution in [2.24, 2.45) is 0 Å². The summed E-state index contributed by atoms with van der Waals surface area (Å²) in [5.74, 6) is -1.12. The number of aromatic nitrogens is 1. The molecule has 0 N–H and O–H groups in total. The zero-order chi connectivity index (χ0) is 18.8. The summed E-state index contributed by atoms with van der Waals surface area (Å²) in [7, 11) is 2.59. The molecule has 0 aliphatic heterocycles. The first-order chi connectivity index (χ1) is 12.5. The summed E-state index contributed by atoms with van der Waals surface area (Å²) in [6.07, 6.45) is 0. The molecule has 1 aromatic heterocycles. The average molecular weight is 349 g/mol. The van der Waals surface area contributed by atoms with Crippen LogP contribution >= 0.6 is 0 Å². The predicted molar refractivity (Wildman–Crippen MR) is 99.3 cm³/mol. The normalized spacial score (nSPS) is 10.6. The van der Waals surface area contributed by atoms with Crippen molar-refractivity contribution in [1.29, 1.82) is 0 Å². The molecular formula is C21H19NO4. The fourth-order valence-corrected chi connectivity index (χ4v) is 3.23. The molecule has 1 heterocycles. The Kier molecular flexibility index (Phi) is 4.71. The van der Waals surface area contributed by atoms with Gasteiger partial charge in [-0.1, -0.05) is 30.3 Å². The van der Waals surface area contributed by atoms with Crippen LogP contribution in [0.15, 0.2) is 42.5 Å². The Bertz CT molecular complexity index is 1010. The number of pyridine rings is 1. The summed E-state index contributed by atoms with van der Waals surface area (Å²) in [5, 5.41) is 0.652. The van der Waals surface area contributed by atoms with E-state index in [9.17, 15) is 9.59 Å². The molecule has 0 saturated carbocycles. The molecule has 0 aliphatic carbocycles. The molecule has 0 aliphatic rings. The van der Waals surface area contributed by atoms with Gasteiger partial charge in [0.1, 0.15) is 5.69 Å². The first-order valence-corrected chi connectivity index (χ1v) is 8.15. The predicted octanol–water partition coefficient (Wildman–Crippen LogP) is 4.09. The topological polar surface area (TPSA) is 65.5 Å². The number of rotatable bonds is 3. The minimum absolute atomic E-state index is 0.0753. The Hall–Kier alpha value is -3.21. The second-order valence-electron chi connectivity index (χ2n) is 5.99. The van der Waals surface area contributed by atoms with Crippen molar-refractivity contribution in [3.63, 3.8) is 0 Å². The molecule has 0 unspecified atom stereocenters. The number of nitrogens with zero attached hydrogens (tertiary/aromatic N) is 1. The van der Waals surface area contributed by atoms with Crippen LogP contribution < -0.4 is 0 Å². The van der Waals surface area contributed by atoms with E-state index in [1.807, 2.05) is 50.2 Å². The fraction of sp³-hybridized carbons (Fsp3) is 0.190. The van der Waals surface area contributed by atoms with Gasteiger partial charge in [-0.3, -0.25) is 0 Å². The first kappa shape index (κ1) is 17.6. The van der Waals surface area contributed by atoms with Crippen molar-refractivity contribution in [3.8, 4) is 11.1 Å². The lowest BCUT2D eigenvalue weighted by atomic mass is 9.91. The Morgan fingerprint density at radius 1 is 0.923 bits per heavy atom. The van der Waals surface area contributed by atoms with Crippen LogP contribution in [0.3, 0.4) is 0 Å². The van der Waals surface area contributed by atoms with Gasteiger partial charge in [-0.25, -0.2) is 14.6 Å². The SMILES string of the molecule is COC(=O)c1cc(C(=O)OC)c2cc(C)c(-c3ccccc3)c(C)c2n1. The lowest BCUT2D eigenvalue weighted by molar-refractivity contribution is 0.0594. The van der Waals surface area contributed by atoms with Gasteiger partial charge in [-0.15, -0.1) is 0 Å². The molecule has 3 rings (SSSR count). The number of aryl methyl sites for hydroxylation is 2. The van der Waals surface area contributed by atoms with E-state index in [-0.39, 0.29) is 5.69 Å². The first-order valence-electron chi connectivity index (χ1n) is 8.15. The Balaban J connectivity index is 2.40.